The summed E-state index contributed by atoms with van der Waals surface area (Å²) in [6, 6.07) is 3.24. The Balaban J connectivity index is 2.21. The summed E-state index contributed by atoms with van der Waals surface area (Å²) in [5.74, 6) is -2.52. The molecule has 0 saturated carbocycles. The van der Waals surface area contributed by atoms with Gasteiger partial charge in [0.2, 0.25) is 5.91 Å². The number of nitrogens with one attached hydrogen (secondary N) is 1. The molecule has 142 valence electrons. The average Bonchev–Trinajstić information content (AvgIpc) is 2.55. The molecule has 2 atom stereocenters. The van der Waals surface area contributed by atoms with E-state index in [1.165, 1.54) is 11.0 Å². The van der Waals surface area contributed by atoms with Crippen molar-refractivity contribution in [2.45, 2.75) is 44.8 Å². The number of ether oxygens (including phenoxy) is 1. The van der Waals surface area contributed by atoms with Crippen LogP contribution in [0.25, 0.3) is 0 Å². The van der Waals surface area contributed by atoms with Gasteiger partial charge in [-0.1, -0.05) is 12.6 Å². The molecule has 1 aromatic carbocycles. The molecular weight excluding hydrogens is 342 g/mol. The molecule has 1 N–H and O–H groups in total. The molecule has 1 fully saturated rings. The Morgan fingerprint density at radius 1 is 1.31 bits per heavy atom. The Morgan fingerprint density at radius 3 is 2.58 bits per heavy atom. The number of hydrogen-bond acceptors (Lipinski definition) is 3. The topological polar surface area (TPSA) is 58.6 Å². The highest BCUT2D eigenvalue weighted by Gasteiger charge is 2.35. The second-order valence-corrected chi connectivity index (χ2v) is 7.31. The van der Waals surface area contributed by atoms with Crippen LogP contribution < -0.4 is 5.32 Å². The minimum atomic E-state index is -0.939. The van der Waals surface area contributed by atoms with Crippen molar-refractivity contribution in [3.8, 4) is 0 Å². The number of carbonyl (C=O) groups is 2. The molecule has 0 unspecified atom stereocenters. The van der Waals surface area contributed by atoms with E-state index in [9.17, 15) is 18.4 Å². The zero-order valence-electron chi connectivity index (χ0n) is 15.2. The number of piperidine rings is 1. The number of benzene rings is 1. The Bertz CT molecular complexity index is 701. The summed E-state index contributed by atoms with van der Waals surface area (Å²) in [6.07, 6.45) is 1.14. The molecule has 0 aliphatic carbocycles. The van der Waals surface area contributed by atoms with E-state index < -0.39 is 35.3 Å². The molecule has 0 spiro atoms. The van der Waals surface area contributed by atoms with Crippen molar-refractivity contribution < 1.29 is 23.1 Å². The van der Waals surface area contributed by atoms with Crippen LogP contribution in [0, 0.1) is 11.6 Å². The van der Waals surface area contributed by atoms with Gasteiger partial charge in [0, 0.05) is 19.0 Å². The van der Waals surface area contributed by atoms with Crippen LogP contribution in [-0.4, -0.2) is 41.6 Å². The first-order valence-corrected chi connectivity index (χ1v) is 8.46. The van der Waals surface area contributed by atoms with E-state index in [-0.39, 0.29) is 12.5 Å². The van der Waals surface area contributed by atoms with Gasteiger partial charge in [0.25, 0.3) is 0 Å². The largest absolute Gasteiger partial charge is 0.444 e. The summed E-state index contributed by atoms with van der Waals surface area (Å²) in [6.45, 7) is 9.34. The number of nitrogens with zero attached hydrogens (tertiary/aromatic N) is 1. The molecule has 1 saturated heterocycles. The monoisotopic (exact) mass is 366 g/mol. The van der Waals surface area contributed by atoms with Crippen LogP contribution in [-0.2, 0) is 9.53 Å². The van der Waals surface area contributed by atoms with Crippen molar-refractivity contribution in [1.82, 2.24) is 10.2 Å². The molecule has 5 nitrogen and oxygen atoms in total. The molecule has 1 heterocycles. The average molecular weight is 366 g/mol. The van der Waals surface area contributed by atoms with E-state index in [0.717, 1.165) is 18.2 Å². The van der Waals surface area contributed by atoms with E-state index in [4.69, 9.17) is 4.74 Å². The van der Waals surface area contributed by atoms with Gasteiger partial charge in [-0.05, 0) is 51.0 Å². The van der Waals surface area contributed by atoms with Gasteiger partial charge in [-0.25, -0.2) is 13.6 Å². The molecule has 7 heteroatoms. The molecule has 2 amide bonds. The number of likely N-dealkylation sites (tertiary alicyclic amines) is 1. The maximum atomic E-state index is 13.6. The Kier molecular flexibility index (Phi) is 6.00. The number of halogens is 2. The summed E-state index contributed by atoms with van der Waals surface area (Å²) in [7, 11) is 0. The maximum absolute atomic E-state index is 13.6. The third-order valence-electron chi connectivity index (χ3n) is 4.15. The molecule has 1 aliphatic rings. The number of rotatable bonds is 3. The third-order valence-corrected chi connectivity index (χ3v) is 4.15. The van der Waals surface area contributed by atoms with Crippen LogP contribution in [0.2, 0.25) is 0 Å². The second-order valence-electron chi connectivity index (χ2n) is 7.31. The van der Waals surface area contributed by atoms with Crippen molar-refractivity contribution >= 4 is 12.0 Å². The number of amides is 2. The third kappa shape index (κ3) is 5.03. The molecule has 2 rings (SSSR count). The molecular formula is C19H24F2N2O3. The highest BCUT2D eigenvalue weighted by atomic mass is 19.2. The van der Waals surface area contributed by atoms with Gasteiger partial charge in [0.05, 0.1) is 6.04 Å². The Labute approximate surface area is 152 Å². The van der Waals surface area contributed by atoms with Crippen molar-refractivity contribution in [3.05, 3.63) is 48.1 Å². The predicted molar refractivity (Wildman–Crippen MR) is 93.7 cm³/mol. The first-order valence-electron chi connectivity index (χ1n) is 8.46. The minimum Gasteiger partial charge on any atom is -0.444 e. The predicted octanol–water partition coefficient (Wildman–Crippen LogP) is 3.36. The highest BCUT2D eigenvalue weighted by molar-refractivity contribution is 5.87. The van der Waals surface area contributed by atoms with Crippen LogP contribution in [0.1, 0.15) is 38.7 Å². The zero-order valence-corrected chi connectivity index (χ0v) is 15.2. The fourth-order valence-corrected chi connectivity index (χ4v) is 2.97. The summed E-state index contributed by atoms with van der Waals surface area (Å²) in [5, 5.41) is 2.78. The Hall–Kier alpha value is -2.44. The smallest absolute Gasteiger partial charge is 0.410 e. The van der Waals surface area contributed by atoms with Gasteiger partial charge < -0.3 is 15.0 Å². The van der Waals surface area contributed by atoms with Gasteiger partial charge in [-0.2, -0.15) is 0 Å². The van der Waals surface area contributed by atoms with Crippen LogP contribution >= 0.6 is 0 Å². The standard InChI is InChI=1S/C19H24F2N2O3/c1-5-17(24)22-16-11-23(18(25)26-19(2,3)4)9-8-13(16)12-6-7-14(20)15(21)10-12/h5-7,10,13,16H,1,8-9,11H2,2-4H3,(H,22,24)/t13-,16-/m1/s1. The lowest BCUT2D eigenvalue weighted by atomic mass is 9.85. The Morgan fingerprint density at radius 2 is 2.00 bits per heavy atom. The van der Waals surface area contributed by atoms with E-state index in [2.05, 4.69) is 11.9 Å². The second kappa shape index (κ2) is 7.85. The number of carbonyl (C=O) groups excluding carboxylic acids is 2. The van der Waals surface area contributed by atoms with E-state index >= 15 is 0 Å². The zero-order chi connectivity index (χ0) is 19.5. The van der Waals surface area contributed by atoms with Gasteiger partial charge in [-0.3, -0.25) is 4.79 Å². The molecule has 0 bridgehead atoms. The van der Waals surface area contributed by atoms with Crippen LogP contribution in [0.5, 0.6) is 0 Å². The van der Waals surface area contributed by atoms with Gasteiger partial charge in [0.1, 0.15) is 5.60 Å². The fourth-order valence-electron chi connectivity index (χ4n) is 2.97. The first-order chi connectivity index (χ1) is 12.1. The van der Waals surface area contributed by atoms with E-state index in [1.54, 1.807) is 20.8 Å². The fraction of sp³-hybridized carbons (Fsp3) is 0.474. The number of hydrogen-bond donors (Lipinski definition) is 1. The molecule has 0 radical (unpaired) electrons. The SMILES string of the molecule is C=CC(=O)N[C@@H]1CN(C(=O)OC(C)(C)C)CC[C@@H]1c1ccc(F)c(F)c1. The van der Waals surface area contributed by atoms with Crippen LogP contribution in [0.4, 0.5) is 13.6 Å². The van der Waals surface area contributed by atoms with Crippen molar-refractivity contribution in [2.24, 2.45) is 0 Å². The molecule has 1 aromatic rings. The summed E-state index contributed by atoms with van der Waals surface area (Å²) < 4.78 is 32.2. The van der Waals surface area contributed by atoms with Crippen LogP contribution in [0.3, 0.4) is 0 Å². The lowest BCUT2D eigenvalue weighted by Crippen LogP contribution is -2.53. The quantitative estimate of drug-likeness (QED) is 0.835. The van der Waals surface area contributed by atoms with E-state index in [0.29, 0.717) is 18.5 Å². The molecule has 1 aliphatic heterocycles. The first kappa shape index (κ1) is 19.9. The molecule has 26 heavy (non-hydrogen) atoms. The highest BCUT2D eigenvalue weighted by Crippen LogP contribution is 2.30. The van der Waals surface area contributed by atoms with Crippen molar-refractivity contribution in [1.29, 1.82) is 0 Å². The molecule has 0 aromatic heterocycles. The van der Waals surface area contributed by atoms with Gasteiger partial charge in [0.15, 0.2) is 11.6 Å². The minimum absolute atomic E-state index is 0.207. The van der Waals surface area contributed by atoms with Gasteiger partial charge in [-0.15, -0.1) is 0 Å². The van der Waals surface area contributed by atoms with Crippen molar-refractivity contribution in [2.75, 3.05) is 13.1 Å². The maximum Gasteiger partial charge on any atom is 0.410 e. The van der Waals surface area contributed by atoms with Gasteiger partial charge >= 0.3 is 6.09 Å². The van der Waals surface area contributed by atoms with Crippen LogP contribution in [0.15, 0.2) is 30.9 Å². The lowest BCUT2D eigenvalue weighted by molar-refractivity contribution is -0.117. The summed E-state index contributed by atoms with van der Waals surface area (Å²) >= 11 is 0. The lowest BCUT2D eigenvalue weighted by Gasteiger charge is -2.39. The van der Waals surface area contributed by atoms with E-state index in [1.807, 2.05) is 0 Å². The summed E-state index contributed by atoms with van der Waals surface area (Å²) in [5.41, 5.74) is -0.0597. The summed E-state index contributed by atoms with van der Waals surface area (Å²) in [4.78, 5) is 25.6. The van der Waals surface area contributed by atoms with Crippen molar-refractivity contribution in [3.63, 3.8) is 0 Å². The normalized spacial score (nSPS) is 20.4.